The minimum absolute atomic E-state index is 0.0694. The second-order valence-electron chi connectivity index (χ2n) is 6.03. The largest absolute Gasteiger partial charge is 0.334 e. The summed E-state index contributed by atoms with van der Waals surface area (Å²) in [6.45, 7) is 1.99. The van der Waals surface area contributed by atoms with Crippen molar-refractivity contribution in [3.63, 3.8) is 0 Å². The van der Waals surface area contributed by atoms with Crippen LogP contribution in [0.3, 0.4) is 0 Å². The summed E-state index contributed by atoms with van der Waals surface area (Å²) in [5.74, 6) is 0.762. The predicted molar refractivity (Wildman–Crippen MR) is 99.8 cm³/mol. The highest BCUT2D eigenvalue weighted by Gasteiger charge is 2.19. The molecule has 0 radical (unpaired) electrons. The maximum Gasteiger partial charge on any atom is 0.258 e. The molecule has 0 saturated carbocycles. The molecule has 1 aromatic heterocycles. The van der Waals surface area contributed by atoms with E-state index in [0.717, 1.165) is 11.1 Å². The van der Waals surface area contributed by atoms with Crippen LogP contribution in [0.5, 0.6) is 0 Å². The lowest BCUT2D eigenvalue weighted by Gasteiger charge is -2.05. The van der Waals surface area contributed by atoms with Gasteiger partial charge in [-0.3, -0.25) is 4.79 Å². The molecular weight excluding hydrogens is 324 g/mol. The topological polar surface area (TPSA) is 56.0 Å². The van der Waals surface area contributed by atoms with E-state index >= 15 is 0 Å². The molecule has 0 aliphatic rings. The SMILES string of the molecule is Cc1ccc(C(=O)c2ccccc2-c2nc(-c3ccccc3)no2)cc1. The van der Waals surface area contributed by atoms with E-state index in [1.807, 2.05) is 79.7 Å². The Morgan fingerprint density at radius 3 is 2.31 bits per heavy atom. The highest BCUT2D eigenvalue weighted by molar-refractivity contribution is 6.12. The number of carbonyl (C=O) groups is 1. The average Bonchev–Trinajstić information content (AvgIpc) is 3.19. The lowest BCUT2D eigenvalue weighted by Crippen LogP contribution is -2.03. The summed E-state index contributed by atoms with van der Waals surface area (Å²) < 4.78 is 5.44. The summed E-state index contributed by atoms with van der Waals surface area (Å²) >= 11 is 0. The van der Waals surface area contributed by atoms with Gasteiger partial charge in [-0.1, -0.05) is 83.5 Å². The molecule has 0 bridgehead atoms. The van der Waals surface area contributed by atoms with Crippen LogP contribution in [0.1, 0.15) is 21.5 Å². The molecule has 0 saturated heterocycles. The number of carbonyl (C=O) groups excluding carboxylic acids is 1. The monoisotopic (exact) mass is 340 g/mol. The Labute approximate surface area is 151 Å². The Hall–Kier alpha value is -3.53. The number of aryl methyl sites for hydroxylation is 1. The van der Waals surface area contributed by atoms with Crippen molar-refractivity contribution < 1.29 is 9.32 Å². The van der Waals surface area contributed by atoms with Gasteiger partial charge in [0.15, 0.2) is 5.78 Å². The molecule has 4 nitrogen and oxygen atoms in total. The fraction of sp³-hybridized carbons (Fsp3) is 0.0455. The number of hydrogen-bond acceptors (Lipinski definition) is 4. The van der Waals surface area contributed by atoms with Crippen LogP contribution in [0.15, 0.2) is 83.4 Å². The molecule has 0 fully saturated rings. The Kier molecular flexibility index (Phi) is 4.15. The van der Waals surface area contributed by atoms with Crippen LogP contribution in [0.2, 0.25) is 0 Å². The minimum atomic E-state index is -0.0694. The van der Waals surface area contributed by atoms with E-state index in [4.69, 9.17) is 4.52 Å². The van der Waals surface area contributed by atoms with Gasteiger partial charge in [0.25, 0.3) is 5.89 Å². The Balaban J connectivity index is 1.74. The molecule has 126 valence electrons. The fourth-order valence-corrected chi connectivity index (χ4v) is 2.77. The molecule has 0 spiro atoms. The Morgan fingerprint density at radius 2 is 1.54 bits per heavy atom. The van der Waals surface area contributed by atoms with Gasteiger partial charge in [-0.05, 0) is 13.0 Å². The lowest BCUT2D eigenvalue weighted by atomic mass is 9.97. The van der Waals surface area contributed by atoms with Crippen molar-refractivity contribution >= 4 is 5.78 Å². The summed E-state index contributed by atoms with van der Waals surface area (Å²) in [5.41, 5.74) is 3.78. The van der Waals surface area contributed by atoms with Gasteiger partial charge in [0.2, 0.25) is 5.82 Å². The predicted octanol–water partition coefficient (Wildman–Crippen LogP) is 4.94. The molecular formula is C22H16N2O2. The first kappa shape index (κ1) is 16.0. The highest BCUT2D eigenvalue weighted by Crippen LogP contribution is 2.26. The molecule has 0 N–H and O–H groups in total. The van der Waals surface area contributed by atoms with Gasteiger partial charge in [-0.15, -0.1) is 0 Å². The van der Waals surface area contributed by atoms with Crippen molar-refractivity contribution in [2.24, 2.45) is 0 Å². The maximum atomic E-state index is 12.9. The minimum Gasteiger partial charge on any atom is -0.334 e. The van der Waals surface area contributed by atoms with Crippen molar-refractivity contribution in [1.82, 2.24) is 10.1 Å². The van der Waals surface area contributed by atoms with Crippen molar-refractivity contribution in [1.29, 1.82) is 0 Å². The molecule has 4 heteroatoms. The van der Waals surface area contributed by atoms with E-state index in [-0.39, 0.29) is 5.78 Å². The average molecular weight is 340 g/mol. The molecule has 4 aromatic rings. The van der Waals surface area contributed by atoms with Crippen molar-refractivity contribution in [3.05, 3.63) is 95.6 Å². The van der Waals surface area contributed by atoms with E-state index in [1.54, 1.807) is 6.07 Å². The standard InChI is InChI=1S/C22H16N2O2/c1-15-11-13-16(14-12-15)20(25)18-9-5-6-10-19(18)22-23-21(24-26-22)17-7-3-2-4-8-17/h2-14H,1H3. The van der Waals surface area contributed by atoms with E-state index < -0.39 is 0 Å². The van der Waals surface area contributed by atoms with Crippen LogP contribution >= 0.6 is 0 Å². The number of ketones is 1. The normalized spacial score (nSPS) is 10.7. The molecule has 4 rings (SSSR count). The molecule has 0 aliphatic heterocycles. The van der Waals surface area contributed by atoms with Crippen LogP contribution in [0.25, 0.3) is 22.8 Å². The third kappa shape index (κ3) is 3.05. The van der Waals surface area contributed by atoms with E-state index in [1.165, 1.54) is 0 Å². The van der Waals surface area contributed by atoms with Gasteiger partial charge in [0, 0.05) is 16.7 Å². The van der Waals surface area contributed by atoms with Gasteiger partial charge in [-0.2, -0.15) is 4.98 Å². The second-order valence-corrected chi connectivity index (χ2v) is 6.03. The van der Waals surface area contributed by atoms with Crippen LogP contribution in [-0.4, -0.2) is 15.9 Å². The van der Waals surface area contributed by atoms with Crippen LogP contribution < -0.4 is 0 Å². The number of benzene rings is 3. The first-order chi connectivity index (χ1) is 12.7. The number of hydrogen-bond donors (Lipinski definition) is 0. The number of rotatable bonds is 4. The van der Waals surface area contributed by atoms with Crippen molar-refractivity contribution in [3.8, 4) is 22.8 Å². The third-order valence-electron chi connectivity index (χ3n) is 4.17. The second kappa shape index (κ2) is 6.76. The molecule has 0 atom stereocenters. The van der Waals surface area contributed by atoms with Gasteiger partial charge in [-0.25, -0.2) is 0 Å². The molecule has 0 aliphatic carbocycles. The summed E-state index contributed by atoms with van der Waals surface area (Å²) in [4.78, 5) is 17.4. The summed E-state index contributed by atoms with van der Waals surface area (Å²) in [6.07, 6.45) is 0. The van der Waals surface area contributed by atoms with E-state index in [9.17, 15) is 4.79 Å². The number of nitrogens with zero attached hydrogens (tertiary/aromatic N) is 2. The molecule has 26 heavy (non-hydrogen) atoms. The molecule has 1 heterocycles. The van der Waals surface area contributed by atoms with Gasteiger partial charge < -0.3 is 4.52 Å². The highest BCUT2D eigenvalue weighted by atomic mass is 16.5. The number of aromatic nitrogens is 2. The quantitative estimate of drug-likeness (QED) is 0.494. The van der Waals surface area contributed by atoms with E-state index in [0.29, 0.717) is 28.4 Å². The van der Waals surface area contributed by atoms with Crippen LogP contribution in [0, 0.1) is 6.92 Å². The molecule has 3 aromatic carbocycles. The fourth-order valence-electron chi connectivity index (χ4n) is 2.77. The first-order valence-electron chi connectivity index (χ1n) is 8.32. The van der Waals surface area contributed by atoms with Crippen LogP contribution in [-0.2, 0) is 0 Å². The molecule has 0 unspecified atom stereocenters. The zero-order valence-corrected chi connectivity index (χ0v) is 14.2. The summed E-state index contributed by atoms with van der Waals surface area (Å²) in [7, 11) is 0. The van der Waals surface area contributed by atoms with Gasteiger partial charge in [0.1, 0.15) is 0 Å². The van der Waals surface area contributed by atoms with Gasteiger partial charge in [0.05, 0.1) is 5.56 Å². The van der Waals surface area contributed by atoms with Crippen molar-refractivity contribution in [2.45, 2.75) is 6.92 Å². The van der Waals surface area contributed by atoms with Crippen LogP contribution in [0.4, 0.5) is 0 Å². The van der Waals surface area contributed by atoms with Gasteiger partial charge >= 0.3 is 0 Å². The summed E-state index contributed by atoms with van der Waals surface area (Å²) in [6, 6.07) is 24.4. The maximum absolute atomic E-state index is 12.9. The zero-order valence-electron chi connectivity index (χ0n) is 14.2. The molecule has 0 amide bonds. The zero-order chi connectivity index (χ0) is 17.9. The first-order valence-corrected chi connectivity index (χ1v) is 8.32. The summed E-state index contributed by atoms with van der Waals surface area (Å²) in [5, 5.41) is 4.05. The smallest absolute Gasteiger partial charge is 0.258 e. The van der Waals surface area contributed by atoms with E-state index in [2.05, 4.69) is 10.1 Å². The third-order valence-corrected chi connectivity index (χ3v) is 4.17. The lowest BCUT2D eigenvalue weighted by molar-refractivity contribution is 0.103. The Morgan fingerprint density at radius 1 is 0.846 bits per heavy atom. The van der Waals surface area contributed by atoms with Crippen molar-refractivity contribution in [2.75, 3.05) is 0 Å². The Bertz CT molecular complexity index is 1050.